The van der Waals surface area contributed by atoms with E-state index < -0.39 is 0 Å². The maximum atomic E-state index is 4.62. The van der Waals surface area contributed by atoms with Gasteiger partial charge in [-0.2, -0.15) is 9.61 Å². The zero-order valence-electron chi connectivity index (χ0n) is 14.0. The summed E-state index contributed by atoms with van der Waals surface area (Å²) < 4.78 is 1.80. The van der Waals surface area contributed by atoms with Gasteiger partial charge in [0.05, 0.1) is 11.4 Å². The van der Waals surface area contributed by atoms with E-state index in [1.807, 2.05) is 0 Å². The van der Waals surface area contributed by atoms with Crippen LogP contribution < -0.4 is 5.32 Å². The van der Waals surface area contributed by atoms with Crippen LogP contribution in [0.1, 0.15) is 43.4 Å². The van der Waals surface area contributed by atoms with Gasteiger partial charge in [-0.15, -0.1) is 10.2 Å². The number of hydrogen-bond acceptors (Lipinski definition) is 4. The van der Waals surface area contributed by atoms with E-state index in [2.05, 4.69) is 63.9 Å². The molecule has 1 atom stereocenters. The third kappa shape index (κ3) is 3.25. The largest absolute Gasteiger partial charge is 0.382 e. The van der Waals surface area contributed by atoms with Gasteiger partial charge >= 0.3 is 0 Å². The second-order valence-corrected chi connectivity index (χ2v) is 6.70. The van der Waals surface area contributed by atoms with Crippen LogP contribution in [-0.4, -0.2) is 26.4 Å². The summed E-state index contributed by atoms with van der Waals surface area (Å²) in [7, 11) is 0. The molecule has 3 aromatic rings. The number of nitrogens with one attached hydrogen (secondary N) is 1. The number of aromatic nitrogens is 4. The first-order valence-corrected chi connectivity index (χ1v) is 8.82. The van der Waals surface area contributed by atoms with Crippen LogP contribution in [0.3, 0.4) is 0 Å². The molecule has 2 heterocycles. The van der Waals surface area contributed by atoms with Crippen molar-refractivity contribution in [2.75, 3.05) is 11.9 Å². The molecule has 0 amide bonds. The molecular formula is C19H23N5. The lowest BCUT2D eigenvalue weighted by Gasteiger charge is -2.17. The minimum atomic E-state index is 0.591. The molecule has 0 spiro atoms. The first-order chi connectivity index (χ1) is 11.8. The fourth-order valence-electron chi connectivity index (χ4n) is 3.12. The van der Waals surface area contributed by atoms with E-state index in [9.17, 15) is 0 Å². The van der Waals surface area contributed by atoms with Crippen LogP contribution in [0.15, 0.2) is 42.7 Å². The van der Waals surface area contributed by atoms with Gasteiger partial charge in [0.1, 0.15) is 6.33 Å². The molecule has 4 rings (SSSR count). The van der Waals surface area contributed by atoms with Crippen molar-refractivity contribution in [1.29, 1.82) is 0 Å². The number of fused-ring (bicyclic) bond motifs is 1. The Morgan fingerprint density at radius 1 is 1.25 bits per heavy atom. The van der Waals surface area contributed by atoms with Crippen molar-refractivity contribution in [2.45, 2.75) is 38.5 Å². The molecule has 1 unspecified atom stereocenters. The fraction of sp³-hybridized carbons (Fsp3) is 0.421. The lowest BCUT2D eigenvalue weighted by atomic mass is 9.97. The molecule has 1 N–H and O–H groups in total. The molecule has 124 valence electrons. The first-order valence-electron chi connectivity index (χ1n) is 8.82. The van der Waals surface area contributed by atoms with Gasteiger partial charge in [-0.05, 0) is 36.8 Å². The van der Waals surface area contributed by atoms with Crippen molar-refractivity contribution in [3.63, 3.8) is 0 Å². The summed E-state index contributed by atoms with van der Waals surface area (Å²) in [5.74, 6) is 1.21. The van der Waals surface area contributed by atoms with Crippen LogP contribution in [-0.2, 0) is 6.42 Å². The molecule has 5 nitrogen and oxygen atoms in total. The second kappa shape index (κ2) is 6.59. The molecule has 0 saturated heterocycles. The Hall–Kier alpha value is -2.43. The molecule has 1 aliphatic carbocycles. The summed E-state index contributed by atoms with van der Waals surface area (Å²) in [5, 5.41) is 16.5. The molecule has 0 radical (unpaired) electrons. The highest BCUT2D eigenvalue weighted by atomic mass is 15.3. The van der Waals surface area contributed by atoms with Gasteiger partial charge in [-0.25, -0.2) is 0 Å². The summed E-state index contributed by atoms with van der Waals surface area (Å²) in [5.41, 5.74) is 4.41. The summed E-state index contributed by atoms with van der Waals surface area (Å²) in [6.45, 7) is 3.19. The minimum absolute atomic E-state index is 0.591. The number of nitrogens with zero attached hydrogens (tertiary/aromatic N) is 4. The predicted octanol–water partition coefficient (Wildman–Crippen LogP) is 3.68. The van der Waals surface area contributed by atoms with Crippen molar-refractivity contribution in [2.24, 2.45) is 5.92 Å². The van der Waals surface area contributed by atoms with Gasteiger partial charge in [-0.3, -0.25) is 0 Å². The Kier molecular flexibility index (Phi) is 4.15. The van der Waals surface area contributed by atoms with E-state index >= 15 is 0 Å². The van der Waals surface area contributed by atoms with Gasteiger partial charge in [0, 0.05) is 12.5 Å². The molecule has 0 bridgehead atoms. The highest BCUT2D eigenvalue weighted by molar-refractivity contribution is 5.67. The van der Waals surface area contributed by atoms with Gasteiger partial charge < -0.3 is 5.32 Å². The quantitative estimate of drug-likeness (QED) is 0.721. The van der Waals surface area contributed by atoms with Gasteiger partial charge in [-0.1, -0.05) is 43.7 Å². The van der Waals surface area contributed by atoms with E-state index in [-0.39, 0.29) is 0 Å². The smallest absolute Gasteiger partial charge is 0.200 e. The summed E-state index contributed by atoms with van der Waals surface area (Å²) in [6, 6.07) is 12.9. The molecule has 2 aromatic heterocycles. The zero-order chi connectivity index (χ0) is 16.4. The number of rotatable bonds is 7. The van der Waals surface area contributed by atoms with Crippen LogP contribution in [0.2, 0.25) is 0 Å². The van der Waals surface area contributed by atoms with Crippen LogP contribution >= 0.6 is 0 Å². The van der Waals surface area contributed by atoms with Crippen LogP contribution in [0, 0.1) is 5.92 Å². The molecular weight excluding hydrogens is 298 g/mol. The van der Waals surface area contributed by atoms with Crippen molar-refractivity contribution >= 4 is 11.3 Å². The van der Waals surface area contributed by atoms with Crippen LogP contribution in [0.5, 0.6) is 0 Å². The molecule has 1 fully saturated rings. The van der Waals surface area contributed by atoms with Crippen LogP contribution in [0.4, 0.5) is 5.69 Å². The molecule has 1 saturated carbocycles. The average Bonchev–Trinajstić information content (AvgIpc) is 3.36. The number of benzene rings is 1. The first kappa shape index (κ1) is 15.1. The fourth-order valence-corrected chi connectivity index (χ4v) is 3.12. The maximum absolute atomic E-state index is 4.62. The predicted molar refractivity (Wildman–Crippen MR) is 95.2 cm³/mol. The summed E-state index contributed by atoms with van der Waals surface area (Å²) in [6.07, 6.45) is 6.41. The Labute approximate surface area is 142 Å². The Balaban J connectivity index is 1.49. The van der Waals surface area contributed by atoms with Gasteiger partial charge in [0.25, 0.3) is 0 Å². The number of hydrogen-bond donors (Lipinski definition) is 1. The van der Waals surface area contributed by atoms with Gasteiger partial charge in [0.15, 0.2) is 0 Å². The van der Waals surface area contributed by atoms with Crippen molar-refractivity contribution < 1.29 is 0 Å². The van der Waals surface area contributed by atoms with E-state index in [0.717, 1.165) is 36.4 Å². The average molecular weight is 321 g/mol. The zero-order valence-corrected chi connectivity index (χ0v) is 14.0. The van der Waals surface area contributed by atoms with Crippen molar-refractivity contribution in [3.05, 3.63) is 54.0 Å². The van der Waals surface area contributed by atoms with Crippen molar-refractivity contribution in [3.8, 4) is 0 Å². The molecule has 5 heteroatoms. The normalized spacial score (nSPS) is 15.5. The van der Waals surface area contributed by atoms with Crippen LogP contribution in [0.25, 0.3) is 5.65 Å². The lowest BCUT2D eigenvalue weighted by Crippen LogP contribution is -2.17. The third-order valence-electron chi connectivity index (χ3n) is 4.81. The Morgan fingerprint density at radius 2 is 2.08 bits per heavy atom. The topological polar surface area (TPSA) is 55.1 Å². The minimum Gasteiger partial charge on any atom is -0.382 e. The summed E-state index contributed by atoms with van der Waals surface area (Å²) in [4.78, 5) is 0. The standard InChI is InChI=1S/C19H23N5/c1-2-14(10-15-6-4-3-5-7-15)12-20-18-11-17(16-8-9-16)23-24-13-21-22-19(18)24/h3-7,11,13-14,16,20H,2,8-10,12H2,1H3. The van der Waals surface area contributed by atoms with E-state index in [1.54, 1.807) is 10.8 Å². The molecule has 0 aliphatic heterocycles. The molecule has 1 aliphatic rings. The SMILES string of the molecule is CCC(CNc1cc(C2CC2)nn2cnnc12)Cc1ccccc1. The molecule has 1 aromatic carbocycles. The number of anilines is 1. The van der Waals surface area contributed by atoms with Crippen molar-refractivity contribution in [1.82, 2.24) is 19.8 Å². The maximum Gasteiger partial charge on any atom is 0.200 e. The van der Waals surface area contributed by atoms with E-state index in [4.69, 9.17) is 0 Å². The van der Waals surface area contributed by atoms with E-state index in [1.165, 1.54) is 18.4 Å². The van der Waals surface area contributed by atoms with E-state index in [0.29, 0.717) is 11.8 Å². The third-order valence-corrected chi connectivity index (χ3v) is 4.81. The lowest BCUT2D eigenvalue weighted by molar-refractivity contribution is 0.533. The molecule has 24 heavy (non-hydrogen) atoms. The Morgan fingerprint density at radius 3 is 2.83 bits per heavy atom. The highest BCUT2D eigenvalue weighted by Gasteiger charge is 2.26. The Bertz CT molecular complexity index is 807. The van der Waals surface area contributed by atoms with Gasteiger partial charge in [0.2, 0.25) is 5.65 Å². The summed E-state index contributed by atoms with van der Waals surface area (Å²) >= 11 is 0. The highest BCUT2D eigenvalue weighted by Crippen LogP contribution is 2.39. The monoisotopic (exact) mass is 321 g/mol. The second-order valence-electron chi connectivity index (χ2n) is 6.70.